The lowest BCUT2D eigenvalue weighted by Crippen LogP contribution is -2.31. The summed E-state index contributed by atoms with van der Waals surface area (Å²) in [6, 6.07) is 9.28. The molecular formula is C21H18N2O6. The van der Waals surface area contributed by atoms with Crippen molar-refractivity contribution in [2.24, 2.45) is 5.92 Å². The Hall–Kier alpha value is -3.68. The van der Waals surface area contributed by atoms with Crippen molar-refractivity contribution < 1.29 is 24.4 Å². The number of carboxylic acids is 1. The van der Waals surface area contributed by atoms with Crippen LogP contribution in [0, 0.1) is 16.0 Å². The highest BCUT2D eigenvalue weighted by atomic mass is 16.6. The Morgan fingerprint density at radius 3 is 2.55 bits per heavy atom. The summed E-state index contributed by atoms with van der Waals surface area (Å²) in [5.74, 6) is -1.40. The molecule has 2 aromatic rings. The van der Waals surface area contributed by atoms with E-state index in [0.717, 1.165) is 5.56 Å². The van der Waals surface area contributed by atoms with Crippen LogP contribution in [0.2, 0.25) is 0 Å². The third-order valence-electron chi connectivity index (χ3n) is 5.42. The van der Waals surface area contributed by atoms with Gasteiger partial charge in [0.25, 0.3) is 5.69 Å². The molecule has 4 rings (SSSR count). The molecule has 0 fully saturated rings. The van der Waals surface area contributed by atoms with Crippen molar-refractivity contribution in [3.63, 3.8) is 0 Å². The molecule has 3 atom stereocenters. The summed E-state index contributed by atoms with van der Waals surface area (Å²) < 4.78 is 5.07. The molecule has 2 aliphatic rings. The molecule has 0 bridgehead atoms. The Balaban J connectivity index is 1.80. The molecule has 2 N–H and O–H groups in total. The first-order valence-corrected chi connectivity index (χ1v) is 9.13. The lowest BCUT2D eigenvalue weighted by Gasteiger charge is -2.37. The van der Waals surface area contributed by atoms with Crippen LogP contribution in [0.25, 0.3) is 0 Å². The summed E-state index contributed by atoms with van der Waals surface area (Å²) in [5, 5.41) is 24.5. The van der Waals surface area contributed by atoms with E-state index in [4.69, 9.17) is 4.74 Å². The average molecular weight is 394 g/mol. The van der Waals surface area contributed by atoms with Gasteiger partial charge in [0.2, 0.25) is 0 Å². The Morgan fingerprint density at radius 2 is 1.93 bits per heavy atom. The number of carboxylic acid groups (broad SMARTS) is 1. The number of rotatable bonds is 4. The van der Waals surface area contributed by atoms with Gasteiger partial charge in [-0.15, -0.1) is 0 Å². The van der Waals surface area contributed by atoms with Gasteiger partial charge < -0.3 is 15.2 Å². The fourth-order valence-electron chi connectivity index (χ4n) is 4.27. The fourth-order valence-corrected chi connectivity index (χ4v) is 4.27. The van der Waals surface area contributed by atoms with Crippen LogP contribution in [-0.2, 0) is 4.79 Å². The van der Waals surface area contributed by atoms with Gasteiger partial charge in [-0.2, -0.15) is 0 Å². The van der Waals surface area contributed by atoms with Crippen LogP contribution in [0.5, 0.6) is 5.75 Å². The Labute approximate surface area is 166 Å². The van der Waals surface area contributed by atoms with Crippen LogP contribution in [0.1, 0.15) is 46.8 Å². The number of aromatic carboxylic acids is 1. The van der Waals surface area contributed by atoms with Crippen LogP contribution in [-0.4, -0.2) is 22.0 Å². The van der Waals surface area contributed by atoms with E-state index in [1.54, 1.807) is 12.1 Å². The minimum Gasteiger partial charge on any atom is -0.478 e. The first kappa shape index (κ1) is 18.7. The van der Waals surface area contributed by atoms with E-state index < -0.39 is 16.9 Å². The monoisotopic (exact) mass is 394 g/mol. The molecule has 1 heterocycles. The minimum absolute atomic E-state index is 0.00446. The normalized spacial score (nSPS) is 21.6. The third-order valence-corrected chi connectivity index (χ3v) is 5.42. The molecule has 0 saturated carbocycles. The SMILES string of the molecule is CC(=O)Oc1ccc([C@@H]2Nc3c(C(=O)O)ccc([N+](=O)[O-])c3[C@H]3C=CC[C@H]32)cc1. The summed E-state index contributed by atoms with van der Waals surface area (Å²) in [7, 11) is 0. The predicted octanol–water partition coefficient (Wildman–Crippen LogP) is 4.04. The highest BCUT2D eigenvalue weighted by molar-refractivity contribution is 5.97. The molecular weight excluding hydrogens is 376 g/mol. The molecule has 8 nitrogen and oxygen atoms in total. The molecule has 0 aromatic heterocycles. The number of carbonyl (C=O) groups is 2. The van der Waals surface area contributed by atoms with Crippen LogP contribution in [0.4, 0.5) is 11.4 Å². The van der Waals surface area contributed by atoms with E-state index >= 15 is 0 Å². The number of nitrogens with one attached hydrogen (secondary N) is 1. The second kappa shape index (κ2) is 7.05. The Kier molecular flexibility index (Phi) is 4.54. The molecule has 29 heavy (non-hydrogen) atoms. The largest absolute Gasteiger partial charge is 0.478 e. The molecule has 0 amide bonds. The second-order valence-corrected chi connectivity index (χ2v) is 7.12. The van der Waals surface area contributed by atoms with Crippen molar-refractivity contribution in [1.29, 1.82) is 0 Å². The zero-order valence-electron chi connectivity index (χ0n) is 15.5. The number of allylic oxidation sites excluding steroid dienone is 2. The minimum atomic E-state index is -1.15. The molecule has 0 spiro atoms. The van der Waals surface area contributed by atoms with Gasteiger partial charge in [-0.05, 0) is 36.1 Å². The molecule has 148 valence electrons. The highest BCUT2D eigenvalue weighted by Crippen LogP contribution is 2.53. The quantitative estimate of drug-likeness (QED) is 0.264. The van der Waals surface area contributed by atoms with Crippen molar-refractivity contribution in [3.05, 3.63) is 75.4 Å². The van der Waals surface area contributed by atoms with Crippen molar-refractivity contribution in [3.8, 4) is 5.75 Å². The van der Waals surface area contributed by atoms with Gasteiger partial charge in [0.1, 0.15) is 5.75 Å². The fraction of sp³-hybridized carbons (Fsp3) is 0.238. The summed E-state index contributed by atoms with van der Waals surface area (Å²) in [6.07, 6.45) is 4.61. The highest BCUT2D eigenvalue weighted by Gasteiger charge is 2.43. The maximum absolute atomic E-state index is 11.8. The molecule has 1 aliphatic carbocycles. The number of nitro groups is 1. The maximum atomic E-state index is 11.8. The van der Waals surface area contributed by atoms with Gasteiger partial charge in [0.15, 0.2) is 0 Å². The Morgan fingerprint density at radius 1 is 1.21 bits per heavy atom. The second-order valence-electron chi connectivity index (χ2n) is 7.12. The van der Waals surface area contributed by atoms with E-state index in [1.807, 2.05) is 24.3 Å². The average Bonchev–Trinajstić information content (AvgIpc) is 3.16. The molecule has 8 heteroatoms. The standard InChI is InChI=1S/C21H18N2O6/c1-11(24)29-13-7-5-12(6-8-13)19-15-4-2-3-14(15)18-17(23(27)28)10-9-16(21(25)26)20(18)22-19/h2-3,5-10,14-15,19,22H,4H2,1H3,(H,25,26)/t14-,15+,19-/m0/s1. The zero-order valence-corrected chi connectivity index (χ0v) is 15.5. The number of fused-ring (bicyclic) bond motifs is 3. The number of carbonyl (C=O) groups excluding carboxylic acids is 1. The van der Waals surface area contributed by atoms with E-state index in [-0.39, 0.29) is 34.8 Å². The van der Waals surface area contributed by atoms with Crippen LogP contribution in [0.3, 0.4) is 0 Å². The summed E-state index contributed by atoms with van der Waals surface area (Å²) >= 11 is 0. The lowest BCUT2D eigenvalue weighted by atomic mass is 9.75. The van der Waals surface area contributed by atoms with Crippen LogP contribution in [0.15, 0.2) is 48.6 Å². The number of hydrogen-bond donors (Lipinski definition) is 2. The smallest absolute Gasteiger partial charge is 0.337 e. The van der Waals surface area contributed by atoms with Gasteiger partial charge in [-0.1, -0.05) is 24.3 Å². The number of ether oxygens (including phenoxy) is 1. The van der Waals surface area contributed by atoms with Crippen molar-refractivity contribution in [1.82, 2.24) is 0 Å². The number of benzene rings is 2. The van der Waals surface area contributed by atoms with Gasteiger partial charge >= 0.3 is 11.9 Å². The van der Waals surface area contributed by atoms with E-state index in [1.165, 1.54) is 19.1 Å². The first-order valence-electron chi connectivity index (χ1n) is 9.13. The van der Waals surface area contributed by atoms with Crippen LogP contribution >= 0.6 is 0 Å². The van der Waals surface area contributed by atoms with Gasteiger partial charge in [0, 0.05) is 18.9 Å². The van der Waals surface area contributed by atoms with Gasteiger partial charge in [-0.3, -0.25) is 14.9 Å². The summed E-state index contributed by atoms with van der Waals surface area (Å²) in [5.41, 5.74) is 1.51. The molecule has 0 unspecified atom stereocenters. The summed E-state index contributed by atoms with van der Waals surface area (Å²) in [4.78, 5) is 34.0. The first-order chi connectivity index (χ1) is 13.9. The predicted molar refractivity (Wildman–Crippen MR) is 104 cm³/mol. The zero-order chi connectivity index (χ0) is 20.7. The molecule has 0 radical (unpaired) electrons. The third kappa shape index (κ3) is 3.22. The molecule has 0 saturated heterocycles. The van der Waals surface area contributed by atoms with E-state index in [2.05, 4.69) is 5.32 Å². The molecule has 2 aromatic carbocycles. The van der Waals surface area contributed by atoms with Gasteiger partial charge in [0.05, 0.1) is 27.8 Å². The number of nitrogens with zero attached hydrogens (tertiary/aromatic N) is 1. The topological polar surface area (TPSA) is 119 Å². The Bertz CT molecular complexity index is 1040. The van der Waals surface area contributed by atoms with Crippen molar-refractivity contribution in [2.75, 3.05) is 5.32 Å². The van der Waals surface area contributed by atoms with Gasteiger partial charge in [-0.25, -0.2) is 4.79 Å². The van der Waals surface area contributed by atoms with Crippen molar-refractivity contribution in [2.45, 2.75) is 25.3 Å². The summed E-state index contributed by atoms with van der Waals surface area (Å²) in [6.45, 7) is 1.32. The maximum Gasteiger partial charge on any atom is 0.337 e. The van der Waals surface area contributed by atoms with Crippen molar-refractivity contribution >= 4 is 23.3 Å². The lowest BCUT2D eigenvalue weighted by molar-refractivity contribution is -0.385. The van der Waals surface area contributed by atoms with E-state index in [9.17, 15) is 24.8 Å². The number of hydrogen-bond acceptors (Lipinski definition) is 6. The molecule has 1 aliphatic heterocycles. The number of esters is 1. The van der Waals surface area contributed by atoms with E-state index in [0.29, 0.717) is 17.7 Å². The van der Waals surface area contributed by atoms with Crippen LogP contribution < -0.4 is 10.1 Å². The number of nitro benzene ring substituents is 1. The number of anilines is 1.